The zero-order chi connectivity index (χ0) is 9.97. The molecular formula is C10H16N2O2. The molecular weight excluding hydrogens is 180 g/mol. The first-order chi connectivity index (χ1) is 6.85. The third-order valence-electron chi connectivity index (χ3n) is 3.55. The summed E-state index contributed by atoms with van der Waals surface area (Å²) in [4.78, 5) is 0. The molecule has 0 spiro atoms. The molecule has 14 heavy (non-hydrogen) atoms. The zero-order valence-corrected chi connectivity index (χ0v) is 8.19. The Bertz CT molecular complexity index is 245. The van der Waals surface area contributed by atoms with Crippen molar-refractivity contribution >= 4 is 11.4 Å². The van der Waals surface area contributed by atoms with E-state index in [2.05, 4.69) is 10.3 Å². The highest BCUT2D eigenvalue weighted by Gasteiger charge is 2.34. The van der Waals surface area contributed by atoms with E-state index >= 15 is 0 Å². The van der Waals surface area contributed by atoms with Gasteiger partial charge in [0, 0.05) is 0 Å². The maximum absolute atomic E-state index is 8.78. The first-order valence-corrected chi connectivity index (χ1v) is 5.27. The Morgan fingerprint density at radius 1 is 0.857 bits per heavy atom. The molecule has 0 bridgehead atoms. The highest BCUT2D eigenvalue weighted by molar-refractivity contribution is 6.42. The van der Waals surface area contributed by atoms with Crippen LogP contribution < -0.4 is 0 Å². The van der Waals surface area contributed by atoms with E-state index in [-0.39, 0.29) is 0 Å². The first-order valence-electron chi connectivity index (χ1n) is 5.27. The summed E-state index contributed by atoms with van der Waals surface area (Å²) in [5.74, 6) is 1.28. The minimum atomic E-state index is 0.579. The van der Waals surface area contributed by atoms with E-state index in [0.29, 0.717) is 23.3 Å². The summed E-state index contributed by atoms with van der Waals surface area (Å²) >= 11 is 0. The SMILES string of the molecule is O/N=C1\CC2CCCCC2C\C1=N/O. The Kier molecular flexibility index (Phi) is 2.70. The van der Waals surface area contributed by atoms with Gasteiger partial charge in [0.05, 0.1) is 0 Å². The first kappa shape index (κ1) is 9.49. The summed E-state index contributed by atoms with van der Waals surface area (Å²) < 4.78 is 0. The fourth-order valence-electron chi connectivity index (χ4n) is 2.75. The minimum Gasteiger partial charge on any atom is -0.411 e. The molecule has 0 aliphatic heterocycles. The lowest BCUT2D eigenvalue weighted by molar-refractivity contribution is 0.235. The van der Waals surface area contributed by atoms with Crippen LogP contribution in [-0.4, -0.2) is 21.8 Å². The number of fused-ring (bicyclic) bond motifs is 1. The molecule has 0 radical (unpaired) electrons. The van der Waals surface area contributed by atoms with Crippen LogP contribution in [0.2, 0.25) is 0 Å². The number of nitrogens with zero attached hydrogens (tertiary/aromatic N) is 2. The van der Waals surface area contributed by atoms with Gasteiger partial charge in [-0.25, -0.2) is 0 Å². The molecule has 0 aromatic heterocycles. The smallest absolute Gasteiger partial charge is 0.105 e. The van der Waals surface area contributed by atoms with Crippen LogP contribution in [0.1, 0.15) is 38.5 Å². The summed E-state index contributed by atoms with van der Waals surface area (Å²) in [5.41, 5.74) is 1.16. The molecule has 0 aromatic carbocycles. The summed E-state index contributed by atoms with van der Waals surface area (Å²) in [6.07, 6.45) is 6.57. The summed E-state index contributed by atoms with van der Waals surface area (Å²) in [7, 11) is 0. The van der Waals surface area contributed by atoms with Crippen LogP contribution in [-0.2, 0) is 0 Å². The Morgan fingerprint density at radius 2 is 1.29 bits per heavy atom. The van der Waals surface area contributed by atoms with Crippen molar-refractivity contribution in [2.24, 2.45) is 22.1 Å². The molecule has 78 valence electrons. The highest BCUT2D eigenvalue weighted by atomic mass is 16.4. The van der Waals surface area contributed by atoms with Crippen LogP contribution in [0, 0.1) is 11.8 Å². The standard InChI is InChI=1S/C10H16N2O2/c13-11-9-5-7-3-1-2-4-8(7)6-10(9)12-14/h7-8,13-14H,1-6H2/b11-9+,12-10+. The minimum absolute atomic E-state index is 0.579. The van der Waals surface area contributed by atoms with Gasteiger partial charge in [0.2, 0.25) is 0 Å². The van der Waals surface area contributed by atoms with Crippen molar-refractivity contribution in [2.75, 3.05) is 0 Å². The van der Waals surface area contributed by atoms with E-state index in [1.54, 1.807) is 0 Å². The van der Waals surface area contributed by atoms with Gasteiger partial charge in [-0.15, -0.1) is 0 Å². The predicted molar refractivity (Wildman–Crippen MR) is 53.1 cm³/mol. The molecule has 0 saturated heterocycles. The lowest BCUT2D eigenvalue weighted by Crippen LogP contribution is -2.34. The van der Waals surface area contributed by atoms with Gasteiger partial charge >= 0.3 is 0 Å². The summed E-state index contributed by atoms with van der Waals surface area (Å²) in [5, 5.41) is 24.0. The van der Waals surface area contributed by atoms with E-state index in [0.717, 1.165) is 12.8 Å². The molecule has 2 N–H and O–H groups in total. The Hall–Kier alpha value is -1.06. The normalized spacial score (nSPS) is 38.6. The van der Waals surface area contributed by atoms with Gasteiger partial charge in [-0.3, -0.25) is 0 Å². The van der Waals surface area contributed by atoms with Crippen LogP contribution in [0.3, 0.4) is 0 Å². The number of oxime groups is 2. The molecule has 0 amide bonds. The quantitative estimate of drug-likeness (QED) is 0.461. The average Bonchev–Trinajstić information content (AvgIpc) is 2.27. The van der Waals surface area contributed by atoms with Crippen molar-refractivity contribution in [3.8, 4) is 0 Å². The second-order valence-electron chi connectivity index (χ2n) is 4.31. The molecule has 4 nitrogen and oxygen atoms in total. The number of hydrogen-bond donors (Lipinski definition) is 2. The molecule has 4 heteroatoms. The van der Waals surface area contributed by atoms with Gasteiger partial charge in [0.25, 0.3) is 0 Å². The average molecular weight is 196 g/mol. The van der Waals surface area contributed by atoms with Crippen LogP contribution in [0.25, 0.3) is 0 Å². The molecule has 2 atom stereocenters. The predicted octanol–water partition coefficient (Wildman–Crippen LogP) is 2.25. The molecule has 2 aliphatic rings. The van der Waals surface area contributed by atoms with E-state index in [4.69, 9.17) is 10.4 Å². The van der Waals surface area contributed by atoms with Crippen molar-refractivity contribution in [1.82, 2.24) is 0 Å². The largest absolute Gasteiger partial charge is 0.411 e. The molecule has 2 fully saturated rings. The van der Waals surface area contributed by atoms with E-state index in [1.807, 2.05) is 0 Å². The van der Waals surface area contributed by atoms with Gasteiger partial charge in [0.1, 0.15) is 11.4 Å². The van der Waals surface area contributed by atoms with Crippen LogP contribution in [0.5, 0.6) is 0 Å². The lowest BCUT2D eigenvalue weighted by atomic mass is 9.70. The van der Waals surface area contributed by atoms with Crippen molar-refractivity contribution in [1.29, 1.82) is 0 Å². The van der Waals surface area contributed by atoms with Crippen LogP contribution >= 0.6 is 0 Å². The maximum atomic E-state index is 8.78. The molecule has 2 unspecified atom stereocenters. The monoisotopic (exact) mass is 196 g/mol. The van der Waals surface area contributed by atoms with E-state index < -0.39 is 0 Å². The van der Waals surface area contributed by atoms with E-state index in [9.17, 15) is 0 Å². The third kappa shape index (κ3) is 1.61. The zero-order valence-electron chi connectivity index (χ0n) is 8.19. The lowest BCUT2D eigenvalue weighted by Gasteiger charge is -2.35. The van der Waals surface area contributed by atoms with Gasteiger partial charge in [-0.1, -0.05) is 23.2 Å². The molecule has 0 aromatic rings. The van der Waals surface area contributed by atoms with Gasteiger partial charge in [-0.05, 0) is 37.5 Å². The van der Waals surface area contributed by atoms with E-state index in [1.165, 1.54) is 25.7 Å². The molecule has 0 heterocycles. The van der Waals surface area contributed by atoms with Crippen LogP contribution in [0.15, 0.2) is 10.3 Å². The Balaban J connectivity index is 2.14. The number of hydrogen-bond acceptors (Lipinski definition) is 4. The van der Waals surface area contributed by atoms with Gasteiger partial charge in [0.15, 0.2) is 0 Å². The van der Waals surface area contributed by atoms with Crippen molar-refractivity contribution < 1.29 is 10.4 Å². The Labute approximate surface area is 83.3 Å². The second-order valence-corrected chi connectivity index (χ2v) is 4.31. The van der Waals surface area contributed by atoms with Gasteiger partial charge < -0.3 is 10.4 Å². The fourth-order valence-corrected chi connectivity index (χ4v) is 2.75. The fraction of sp³-hybridized carbons (Fsp3) is 0.800. The van der Waals surface area contributed by atoms with Crippen molar-refractivity contribution in [3.05, 3.63) is 0 Å². The highest BCUT2D eigenvalue weighted by Crippen LogP contribution is 2.38. The molecule has 2 aliphatic carbocycles. The van der Waals surface area contributed by atoms with Gasteiger partial charge in [-0.2, -0.15) is 0 Å². The Morgan fingerprint density at radius 3 is 1.64 bits per heavy atom. The molecule has 2 rings (SSSR count). The number of rotatable bonds is 0. The summed E-state index contributed by atoms with van der Waals surface area (Å²) in [6.45, 7) is 0. The van der Waals surface area contributed by atoms with Crippen molar-refractivity contribution in [3.63, 3.8) is 0 Å². The van der Waals surface area contributed by atoms with Crippen molar-refractivity contribution in [2.45, 2.75) is 38.5 Å². The topological polar surface area (TPSA) is 65.2 Å². The summed E-state index contributed by atoms with van der Waals surface area (Å²) in [6, 6.07) is 0. The second kappa shape index (κ2) is 3.98. The maximum Gasteiger partial charge on any atom is 0.105 e. The molecule has 2 saturated carbocycles. The third-order valence-corrected chi connectivity index (χ3v) is 3.55. The van der Waals surface area contributed by atoms with Crippen LogP contribution in [0.4, 0.5) is 0 Å².